The number of pyridine rings is 1. The standard InChI is InChI=1S/C23H20N6O2/c1-4-8-25-14(5-2)13-31-15-6-7-21-17(9-15)19(12-29(21)3)16-10-20(22(24)30)27-23-18(16)11-26-28-23/h1,5-12H,13H2,2-3H3,(H2,24,30)(H,26,27,28)/b14-5-,25-8-. The molecule has 4 rings (SSSR count). The number of aromatic amines is 1. The van der Waals surface area contributed by atoms with E-state index in [0.717, 1.165) is 33.1 Å². The van der Waals surface area contributed by atoms with Gasteiger partial charge in [0.25, 0.3) is 5.91 Å². The number of aliphatic imine (C=N–C) groups is 1. The molecule has 0 aliphatic heterocycles. The fraction of sp³-hybridized carbons (Fsp3) is 0.130. The first-order chi connectivity index (χ1) is 15.0. The maximum atomic E-state index is 11.8. The van der Waals surface area contributed by atoms with Gasteiger partial charge < -0.3 is 15.0 Å². The van der Waals surface area contributed by atoms with Crippen molar-refractivity contribution in [2.75, 3.05) is 6.61 Å². The van der Waals surface area contributed by atoms with E-state index in [4.69, 9.17) is 16.9 Å². The summed E-state index contributed by atoms with van der Waals surface area (Å²) < 4.78 is 7.95. The van der Waals surface area contributed by atoms with Crippen molar-refractivity contribution in [3.8, 4) is 29.2 Å². The zero-order chi connectivity index (χ0) is 22.0. The van der Waals surface area contributed by atoms with Crippen molar-refractivity contribution in [3.05, 3.63) is 54.1 Å². The fourth-order valence-electron chi connectivity index (χ4n) is 3.43. The number of aryl methyl sites for hydroxylation is 1. The maximum Gasteiger partial charge on any atom is 0.267 e. The van der Waals surface area contributed by atoms with Gasteiger partial charge in [-0.1, -0.05) is 12.0 Å². The van der Waals surface area contributed by atoms with E-state index < -0.39 is 5.91 Å². The number of nitrogens with zero attached hydrogens (tertiary/aromatic N) is 4. The molecule has 31 heavy (non-hydrogen) atoms. The normalized spacial score (nSPS) is 12.0. The Hall–Kier alpha value is -4.38. The third-order valence-electron chi connectivity index (χ3n) is 4.95. The number of primary amides is 1. The van der Waals surface area contributed by atoms with E-state index >= 15 is 0 Å². The average Bonchev–Trinajstić information content (AvgIpc) is 3.37. The summed E-state index contributed by atoms with van der Waals surface area (Å²) in [5.74, 6) is 2.45. The van der Waals surface area contributed by atoms with Gasteiger partial charge in [0.05, 0.1) is 18.1 Å². The molecule has 154 valence electrons. The summed E-state index contributed by atoms with van der Waals surface area (Å²) in [6.07, 6.45) is 12.1. The lowest BCUT2D eigenvalue weighted by Gasteiger charge is -2.08. The molecule has 3 heterocycles. The molecular formula is C23H20N6O2. The van der Waals surface area contributed by atoms with Crippen LogP contribution in [0.2, 0.25) is 0 Å². The van der Waals surface area contributed by atoms with Gasteiger partial charge in [0.1, 0.15) is 18.1 Å². The van der Waals surface area contributed by atoms with E-state index in [-0.39, 0.29) is 12.3 Å². The van der Waals surface area contributed by atoms with Crippen molar-refractivity contribution in [2.45, 2.75) is 6.92 Å². The van der Waals surface area contributed by atoms with E-state index in [0.29, 0.717) is 11.4 Å². The number of rotatable bonds is 6. The molecule has 0 aliphatic rings. The molecule has 0 saturated carbocycles. The molecular weight excluding hydrogens is 392 g/mol. The molecule has 8 nitrogen and oxygen atoms in total. The van der Waals surface area contributed by atoms with Crippen LogP contribution >= 0.6 is 0 Å². The quantitative estimate of drug-likeness (QED) is 0.374. The summed E-state index contributed by atoms with van der Waals surface area (Å²) >= 11 is 0. The lowest BCUT2D eigenvalue weighted by Crippen LogP contribution is -2.13. The van der Waals surface area contributed by atoms with Gasteiger partial charge in [-0.3, -0.25) is 9.89 Å². The number of nitrogens with two attached hydrogens (primary N) is 1. The number of aromatic nitrogens is 4. The molecule has 0 bridgehead atoms. The number of carbonyl (C=O) groups excluding carboxylic acids is 1. The maximum absolute atomic E-state index is 11.8. The SMILES string of the molecule is C#C/C=N\C(=C/C)COc1ccc2c(c1)c(-c1cc(C(N)=O)nc3[nH]ncc13)cn2C. The van der Waals surface area contributed by atoms with Crippen molar-refractivity contribution in [2.24, 2.45) is 17.8 Å². The Morgan fingerprint density at radius 1 is 1.35 bits per heavy atom. The van der Waals surface area contributed by atoms with E-state index in [1.54, 1.807) is 12.3 Å². The molecule has 0 fully saturated rings. The van der Waals surface area contributed by atoms with Gasteiger partial charge in [0.15, 0.2) is 5.65 Å². The molecule has 8 heteroatoms. The van der Waals surface area contributed by atoms with Crippen molar-refractivity contribution in [1.82, 2.24) is 19.7 Å². The van der Waals surface area contributed by atoms with E-state index in [1.807, 2.05) is 49.0 Å². The van der Waals surface area contributed by atoms with Crippen LogP contribution in [0.5, 0.6) is 5.75 Å². The van der Waals surface area contributed by atoms with Gasteiger partial charge >= 0.3 is 0 Å². The summed E-state index contributed by atoms with van der Waals surface area (Å²) in [6, 6.07) is 7.53. The van der Waals surface area contributed by atoms with Crippen molar-refractivity contribution < 1.29 is 9.53 Å². The first-order valence-corrected chi connectivity index (χ1v) is 9.52. The van der Waals surface area contributed by atoms with Gasteiger partial charge in [0.2, 0.25) is 0 Å². The Kier molecular flexibility index (Phi) is 5.24. The monoisotopic (exact) mass is 412 g/mol. The number of H-pyrrole nitrogens is 1. The third kappa shape index (κ3) is 3.76. The van der Waals surface area contributed by atoms with Crippen LogP contribution in [0.1, 0.15) is 17.4 Å². The molecule has 1 amide bonds. The number of carbonyl (C=O) groups is 1. The average molecular weight is 412 g/mol. The highest BCUT2D eigenvalue weighted by atomic mass is 16.5. The summed E-state index contributed by atoms with van der Waals surface area (Å²) in [5.41, 5.74) is 9.61. The third-order valence-corrected chi connectivity index (χ3v) is 4.95. The fourth-order valence-corrected chi connectivity index (χ4v) is 3.43. The summed E-state index contributed by atoms with van der Waals surface area (Å²) in [7, 11) is 1.96. The van der Waals surface area contributed by atoms with Crippen molar-refractivity contribution in [3.63, 3.8) is 0 Å². The van der Waals surface area contributed by atoms with Crippen LogP contribution in [0.15, 0.2) is 53.4 Å². The number of benzene rings is 1. The Morgan fingerprint density at radius 2 is 2.19 bits per heavy atom. The Bertz CT molecular complexity index is 1400. The van der Waals surface area contributed by atoms with Crippen LogP contribution in [-0.4, -0.2) is 38.5 Å². The van der Waals surface area contributed by atoms with E-state index in [1.165, 1.54) is 6.21 Å². The lowest BCUT2D eigenvalue weighted by molar-refractivity contribution is 0.0996. The molecule has 3 aromatic heterocycles. The van der Waals surface area contributed by atoms with Gasteiger partial charge in [-0.2, -0.15) is 5.10 Å². The van der Waals surface area contributed by atoms with Crippen LogP contribution in [0.4, 0.5) is 0 Å². The molecule has 0 atom stereocenters. The van der Waals surface area contributed by atoms with Gasteiger partial charge in [-0.05, 0) is 36.8 Å². The highest BCUT2D eigenvalue weighted by Gasteiger charge is 2.17. The van der Waals surface area contributed by atoms with E-state index in [9.17, 15) is 4.79 Å². The van der Waals surface area contributed by atoms with Gasteiger partial charge in [0, 0.05) is 35.1 Å². The first-order valence-electron chi connectivity index (χ1n) is 9.52. The second-order valence-corrected chi connectivity index (χ2v) is 6.88. The van der Waals surface area contributed by atoms with Crippen LogP contribution < -0.4 is 10.5 Å². The zero-order valence-electron chi connectivity index (χ0n) is 17.1. The molecule has 4 aromatic rings. The van der Waals surface area contributed by atoms with Gasteiger partial charge in [-0.25, -0.2) is 9.98 Å². The van der Waals surface area contributed by atoms with E-state index in [2.05, 4.69) is 26.1 Å². The minimum Gasteiger partial charge on any atom is -0.487 e. The number of nitrogens with one attached hydrogen (secondary N) is 1. The molecule has 0 saturated heterocycles. The van der Waals surface area contributed by atoms with Crippen LogP contribution in [0.25, 0.3) is 33.1 Å². The molecule has 0 radical (unpaired) electrons. The number of hydrogen-bond donors (Lipinski definition) is 2. The number of terminal acetylenes is 1. The van der Waals surface area contributed by atoms with Crippen molar-refractivity contribution in [1.29, 1.82) is 0 Å². The largest absolute Gasteiger partial charge is 0.487 e. The highest BCUT2D eigenvalue weighted by Crippen LogP contribution is 2.36. The Balaban J connectivity index is 1.80. The van der Waals surface area contributed by atoms with Crippen LogP contribution in [-0.2, 0) is 7.05 Å². The van der Waals surface area contributed by atoms with Crippen LogP contribution in [0.3, 0.4) is 0 Å². The lowest BCUT2D eigenvalue weighted by atomic mass is 10.0. The topological polar surface area (TPSA) is 111 Å². The molecule has 0 spiro atoms. The van der Waals surface area contributed by atoms with Crippen molar-refractivity contribution >= 4 is 34.1 Å². The minimum absolute atomic E-state index is 0.167. The highest BCUT2D eigenvalue weighted by molar-refractivity contribution is 6.06. The second-order valence-electron chi connectivity index (χ2n) is 6.88. The molecule has 0 unspecified atom stereocenters. The number of hydrogen-bond acceptors (Lipinski definition) is 5. The molecule has 3 N–H and O–H groups in total. The summed E-state index contributed by atoms with van der Waals surface area (Å²) in [4.78, 5) is 20.2. The van der Waals surface area contributed by atoms with Gasteiger partial charge in [-0.15, -0.1) is 6.42 Å². The Morgan fingerprint density at radius 3 is 2.94 bits per heavy atom. The predicted molar refractivity (Wildman–Crippen MR) is 121 cm³/mol. The Labute approximate surface area is 178 Å². The predicted octanol–water partition coefficient (Wildman–Crippen LogP) is 3.20. The number of allylic oxidation sites excluding steroid dienone is 1. The molecule has 1 aromatic carbocycles. The summed E-state index contributed by atoms with van der Waals surface area (Å²) in [6.45, 7) is 2.16. The zero-order valence-corrected chi connectivity index (χ0v) is 17.1. The van der Waals surface area contributed by atoms with Crippen LogP contribution in [0, 0.1) is 12.3 Å². The number of ether oxygens (including phenoxy) is 1. The summed E-state index contributed by atoms with van der Waals surface area (Å²) in [5, 5.41) is 8.64. The number of fused-ring (bicyclic) bond motifs is 2. The smallest absolute Gasteiger partial charge is 0.267 e. The number of amides is 1. The molecule has 0 aliphatic carbocycles. The second kappa shape index (κ2) is 8.16. The first kappa shape index (κ1) is 19.9. The minimum atomic E-state index is -0.603.